The van der Waals surface area contributed by atoms with Crippen LogP contribution in [-0.4, -0.2) is 42.8 Å². The van der Waals surface area contributed by atoms with Gasteiger partial charge in [-0.3, -0.25) is 0 Å². The number of hydrogen-bond acceptors (Lipinski definition) is 5. The Balaban J connectivity index is 1.93. The first-order chi connectivity index (χ1) is 7.95. The molecule has 3 heterocycles. The van der Waals surface area contributed by atoms with Crippen molar-refractivity contribution >= 4 is 5.82 Å². The van der Waals surface area contributed by atoms with Gasteiger partial charge in [-0.05, 0) is 13.0 Å². The fourth-order valence-corrected chi connectivity index (χ4v) is 2.31. The average molecular weight is 220 g/mol. The molecule has 0 amide bonds. The van der Waals surface area contributed by atoms with E-state index in [2.05, 4.69) is 20.2 Å². The molecule has 1 aromatic rings. The summed E-state index contributed by atoms with van der Waals surface area (Å²) in [4.78, 5) is 11.1. The average Bonchev–Trinajstić information content (AvgIpc) is 2.39. The first kappa shape index (κ1) is 9.99. The number of ether oxygens (including phenoxy) is 1. The van der Waals surface area contributed by atoms with Gasteiger partial charge in [0.05, 0.1) is 18.9 Å². The second-order valence-electron chi connectivity index (χ2n) is 4.15. The van der Waals surface area contributed by atoms with Gasteiger partial charge in [0.2, 0.25) is 0 Å². The quantitative estimate of drug-likeness (QED) is 0.719. The van der Waals surface area contributed by atoms with Crippen molar-refractivity contribution in [3.63, 3.8) is 0 Å². The fraction of sp³-hybridized carbons (Fsp3) is 0.636. The number of fused-ring (bicyclic) bond motifs is 1. The maximum atomic E-state index is 5.37. The van der Waals surface area contributed by atoms with Crippen LogP contribution in [0.5, 0.6) is 0 Å². The molecule has 1 aromatic heterocycles. The summed E-state index contributed by atoms with van der Waals surface area (Å²) < 4.78 is 5.37. The summed E-state index contributed by atoms with van der Waals surface area (Å²) in [6.07, 6.45) is 2.71. The monoisotopic (exact) mass is 220 g/mol. The highest BCUT2D eigenvalue weighted by Gasteiger charge is 2.20. The Bertz CT molecular complexity index is 376. The van der Waals surface area contributed by atoms with Gasteiger partial charge in [-0.25, -0.2) is 9.97 Å². The molecule has 86 valence electrons. The van der Waals surface area contributed by atoms with Crippen LogP contribution >= 0.6 is 0 Å². The van der Waals surface area contributed by atoms with E-state index in [4.69, 9.17) is 4.74 Å². The van der Waals surface area contributed by atoms with Crippen LogP contribution in [0, 0.1) is 0 Å². The van der Waals surface area contributed by atoms with Crippen LogP contribution in [0.1, 0.15) is 11.3 Å². The second kappa shape index (κ2) is 4.35. The zero-order valence-corrected chi connectivity index (χ0v) is 9.28. The van der Waals surface area contributed by atoms with Gasteiger partial charge in [0.25, 0.3) is 0 Å². The lowest BCUT2D eigenvalue weighted by atomic mass is 10.1. The molecule has 0 aliphatic carbocycles. The molecule has 0 atom stereocenters. The van der Waals surface area contributed by atoms with Gasteiger partial charge < -0.3 is 15.0 Å². The predicted molar refractivity (Wildman–Crippen MR) is 60.5 cm³/mol. The third-order valence-corrected chi connectivity index (χ3v) is 3.17. The Morgan fingerprint density at radius 2 is 2.12 bits per heavy atom. The molecular weight excluding hydrogens is 204 g/mol. The SMILES string of the molecule is c1nc2c(c(N3CCOCC3)n1)CCNC2. The van der Waals surface area contributed by atoms with Crippen molar-refractivity contribution in [2.75, 3.05) is 37.7 Å². The Morgan fingerprint density at radius 3 is 3.00 bits per heavy atom. The Hall–Kier alpha value is -1.20. The fourth-order valence-electron chi connectivity index (χ4n) is 2.31. The molecule has 0 saturated carbocycles. The number of anilines is 1. The zero-order valence-electron chi connectivity index (χ0n) is 9.28. The Labute approximate surface area is 94.8 Å². The number of rotatable bonds is 1. The van der Waals surface area contributed by atoms with E-state index in [0.29, 0.717) is 0 Å². The van der Waals surface area contributed by atoms with Crippen molar-refractivity contribution in [1.82, 2.24) is 15.3 Å². The van der Waals surface area contributed by atoms with Crippen LogP contribution in [0.3, 0.4) is 0 Å². The molecule has 5 nitrogen and oxygen atoms in total. The number of aromatic nitrogens is 2. The molecule has 2 aliphatic heterocycles. The van der Waals surface area contributed by atoms with Gasteiger partial charge in [-0.2, -0.15) is 0 Å². The van der Waals surface area contributed by atoms with Crippen LogP contribution in [-0.2, 0) is 17.7 Å². The molecule has 2 aliphatic rings. The number of nitrogens with one attached hydrogen (secondary N) is 1. The molecule has 5 heteroatoms. The maximum absolute atomic E-state index is 5.37. The smallest absolute Gasteiger partial charge is 0.135 e. The molecule has 0 bridgehead atoms. The van der Waals surface area contributed by atoms with Crippen LogP contribution < -0.4 is 10.2 Å². The van der Waals surface area contributed by atoms with Gasteiger partial charge >= 0.3 is 0 Å². The molecule has 0 unspecified atom stereocenters. The van der Waals surface area contributed by atoms with Crippen LogP contribution in [0.2, 0.25) is 0 Å². The van der Waals surface area contributed by atoms with Crippen molar-refractivity contribution in [3.8, 4) is 0 Å². The first-order valence-electron chi connectivity index (χ1n) is 5.81. The van der Waals surface area contributed by atoms with E-state index in [-0.39, 0.29) is 0 Å². The first-order valence-corrected chi connectivity index (χ1v) is 5.81. The summed E-state index contributed by atoms with van der Waals surface area (Å²) in [5, 5.41) is 3.34. The van der Waals surface area contributed by atoms with Crippen LogP contribution in [0.15, 0.2) is 6.33 Å². The minimum atomic E-state index is 0.803. The van der Waals surface area contributed by atoms with Gasteiger partial charge in [0.1, 0.15) is 12.1 Å². The summed E-state index contributed by atoms with van der Waals surface area (Å²) in [6, 6.07) is 0. The molecule has 1 saturated heterocycles. The summed E-state index contributed by atoms with van der Waals surface area (Å²) in [5.41, 5.74) is 2.48. The summed E-state index contributed by atoms with van der Waals surface area (Å²) >= 11 is 0. The Kier molecular flexibility index (Phi) is 2.71. The molecule has 0 spiro atoms. The lowest BCUT2D eigenvalue weighted by Gasteiger charge is -2.31. The second-order valence-corrected chi connectivity index (χ2v) is 4.15. The van der Waals surface area contributed by atoms with E-state index < -0.39 is 0 Å². The minimum Gasteiger partial charge on any atom is -0.378 e. The molecule has 1 N–H and O–H groups in total. The van der Waals surface area contributed by atoms with Crippen molar-refractivity contribution in [3.05, 3.63) is 17.6 Å². The van der Waals surface area contributed by atoms with Gasteiger partial charge in [-0.1, -0.05) is 0 Å². The van der Waals surface area contributed by atoms with E-state index in [1.165, 1.54) is 5.56 Å². The maximum Gasteiger partial charge on any atom is 0.135 e. The van der Waals surface area contributed by atoms with E-state index in [1.54, 1.807) is 6.33 Å². The molecule has 0 radical (unpaired) electrons. The summed E-state index contributed by atoms with van der Waals surface area (Å²) in [5.74, 6) is 1.12. The molecule has 3 rings (SSSR count). The van der Waals surface area contributed by atoms with E-state index in [0.717, 1.165) is 57.3 Å². The number of hydrogen-bond donors (Lipinski definition) is 1. The number of nitrogens with zero attached hydrogens (tertiary/aromatic N) is 3. The predicted octanol–water partition coefficient (Wildman–Crippen LogP) is -0.0411. The van der Waals surface area contributed by atoms with Crippen LogP contribution in [0.4, 0.5) is 5.82 Å². The highest BCUT2D eigenvalue weighted by atomic mass is 16.5. The zero-order chi connectivity index (χ0) is 10.8. The summed E-state index contributed by atoms with van der Waals surface area (Å²) in [7, 11) is 0. The van der Waals surface area contributed by atoms with Gasteiger partial charge in [0.15, 0.2) is 0 Å². The van der Waals surface area contributed by atoms with Gasteiger partial charge in [-0.15, -0.1) is 0 Å². The number of morpholine rings is 1. The van der Waals surface area contributed by atoms with E-state index in [1.807, 2.05) is 0 Å². The third kappa shape index (κ3) is 1.76. The van der Waals surface area contributed by atoms with Crippen molar-refractivity contribution in [2.24, 2.45) is 0 Å². The largest absolute Gasteiger partial charge is 0.378 e. The van der Waals surface area contributed by atoms with E-state index >= 15 is 0 Å². The van der Waals surface area contributed by atoms with Gasteiger partial charge in [0, 0.05) is 25.2 Å². The highest BCUT2D eigenvalue weighted by Crippen LogP contribution is 2.23. The van der Waals surface area contributed by atoms with Crippen LogP contribution in [0.25, 0.3) is 0 Å². The molecular formula is C11H16N4O. The molecule has 1 fully saturated rings. The summed E-state index contributed by atoms with van der Waals surface area (Å²) in [6.45, 7) is 5.38. The molecule has 0 aromatic carbocycles. The normalized spacial score (nSPS) is 20.6. The van der Waals surface area contributed by atoms with E-state index in [9.17, 15) is 0 Å². The highest BCUT2D eigenvalue weighted by molar-refractivity contribution is 5.49. The standard InChI is InChI=1S/C11H16N4O/c1-2-12-7-10-9(1)11(14-8-13-10)15-3-5-16-6-4-15/h8,12H,1-7H2. The topological polar surface area (TPSA) is 50.3 Å². The van der Waals surface area contributed by atoms with Crippen molar-refractivity contribution in [2.45, 2.75) is 13.0 Å². The Morgan fingerprint density at radius 1 is 1.25 bits per heavy atom. The van der Waals surface area contributed by atoms with Crippen molar-refractivity contribution < 1.29 is 4.74 Å². The third-order valence-electron chi connectivity index (χ3n) is 3.17. The van der Waals surface area contributed by atoms with Crippen molar-refractivity contribution in [1.29, 1.82) is 0 Å². The lowest BCUT2D eigenvalue weighted by molar-refractivity contribution is 0.122. The minimum absolute atomic E-state index is 0.803. The lowest BCUT2D eigenvalue weighted by Crippen LogP contribution is -2.38. The molecule has 16 heavy (non-hydrogen) atoms.